The smallest absolute Gasteiger partial charge is 0.0974 e. The Morgan fingerprint density at radius 2 is 2.10 bits per heavy atom. The molecule has 2 N–H and O–H groups in total. The van der Waals surface area contributed by atoms with Crippen LogP contribution in [0.4, 0.5) is 0 Å². The SMILES string of the molecule is OCc1cnnnc1CO. The van der Waals surface area contributed by atoms with Crippen LogP contribution in [0.5, 0.6) is 0 Å². The van der Waals surface area contributed by atoms with Gasteiger partial charge in [0.05, 0.1) is 25.1 Å². The molecule has 0 aliphatic carbocycles. The van der Waals surface area contributed by atoms with E-state index < -0.39 is 0 Å². The van der Waals surface area contributed by atoms with Gasteiger partial charge in [-0.1, -0.05) is 0 Å². The van der Waals surface area contributed by atoms with E-state index in [9.17, 15) is 0 Å². The fraction of sp³-hybridized carbons (Fsp3) is 0.400. The molecule has 1 aromatic heterocycles. The van der Waals surface area contributed by atoms with E-state index in [4.69, 9.17) is 10.2 Å². The topological polar surface area (TPSA) is 79.1 Å². The van der Waals surface area contributed by atoms with Gasteiger partial charge < -0.3 is 10.2 Å². The molecule has 1 aromatic rings. The Labute approximate surface area is 57.3 Å². The van der Waals surface area contributed by atoms with Crippen LogP contribution in [0.25, 0.3) is 0 Å². The standard InChI is InChI=1S/C5H7N3O2/c9-2-4-1-6-8-7-5(4)3-10/h1,9-10H,2-3H2. The summed E-state index contributed by atoms with van der Waals surface area (Å²) in [6.07, 6.45) is 1.37. The van der Waals surface area contributed by atoms with Gasteiger partial charge in [0.2, 0.25) is 0 Å². The second-order valence-electron chi connectivity index (χ2n) is 1.72. The minimum absolute atomic E-state index is 0.168. The Bertz CT molecular complexity index is 193. The largest absolute Gasteiger partial charge is 0.392 e. The summed E-state index contributed by atoms with van der Waals surface area (Å²) in [6.45, 7) is -0.385. The van der Waals surface area contributed by atoms with Crippen molar-refractivity contribution in [3.63, 3.8) is 0 Å². The van der Waals surface area contributed by atoms with Gasteiger partial charge >= 0.3 is 0 Å². The molecule has 10 heavy (non-hydrogen) atoms. The maximum Gasteiger partial charge on any atom is 0.0974 e. The molecule has 5 heteroatoms. The zero-order valence-corrected chi connectivity index (χ0v) is 5.23. The van der Waals surface area contributed by atoms with Crippen molar-refractivity contribution in [3.8, 4) is 0 Å². The molecule has 1 rings (SSSR count). The van der Waals surface area contributed by atoms with Gasteiger partial charge in [-0.05, 0) is 5.21 Å². The third kappa shape index (κ3) is 1.26. The predicted octanol–water partition coefficient (Wildman–Crippen LogP) is -1.14. The molecule has 0 amide bonds. The van der Waals surface area contributed by atoms with Gasteiger partial charge in [0.1, 0.15) is 0 Å². The van der Waals surface area contributed by atoms with Crippen molar-refractivity contribution in [1.82, 2.24) is 15.4 Å². The number of aliphatic hydroxyl groups is 2. The number of hydrogen-bond donors (Lipinski definition) is 2. The molecule has 0 atom stereocenters. The van der Waals surface area contributed by atoms with E-state index in [0.29, 0.717) is 11.3 Å². The van der Waals surface area contributed by atoms with Gasteiger partial charge in [-0.25, -0.2) is 0 Å². The number of nitrogens with zero attached hydrogens (tertiary/aromatic N) is 3. The molecule has 0 fully saturated rings. The van der Waals surface area contributed by atoms with Gasteiger partial charge in [-0.15, -0.1) is 10.2 Å². The summed E-state index contributed by atoms with van der Waals surface area (Å²) >= 11 is 0. The fourth-order valence-corrected chi connectivity index (χ4v) is 0.579. The lowest BCUT2D eigenvalue weighted by Crippen LogP contribution is -2.01. The normalized spacial score (nSPS) is 9.80. The molecule has 0 unspecified atom stereocenters. The summed E-state index contributed by atoms with van der Waals surface area (Å²) in [5.74, 6) is 0. The average Bonchev–Trinajstić information content (AvgIpc) is 2.04. The Morgan fingerprint density at radius 1 is 1.30 bits per heavy atom. The van der Waals surface area contributed by atoms with Crippen LogP contribution in [0, 0.1) is 0 Å². The lowest BCUT2D eigenvalue weighted by Gasteiger charge is -1.97. The Morgan fingerprint density at radius 3 is 2.60 bits per heavy atom. The third-order valence-corrected chi connectivity index (χ3v) is 1.12. The average molecular weight is 141 g/mol. The Kier molecular flexibility index (Phi) is 2.24. The zero-order chi connectivity index (χ0) is 7.40. The zero-order valence-electron chi connectivity index (χ0n) is 5.23. The summed E-state index contributed by atoms with van der Waals surface area (Å²) in [4.78, 5) is 0. The molecular formula is C5H7N3O2. The fourth-order valence-electron chi connectivity index (χ4n) is 0.579. The van der Waals surface area contributed by atoms with Crippen LogP contribution >= 0.6 is 0 Å². The van der Waals surface area contributed by atoms with E-state index in [-0.39, 0.29) is 13.2 Å². The Hall–Kier alpha value is -1.07. The van der Waals surface area contributed by atoms with Gasteiger partial charge in [0, 0.05) is 5.56 Å². The maximum absolute atomic E-state index is 8.63. The van der Waals surface area contributed by atoms with E-state index in [1.54, 1.807) is 0 Å². The number of aromatic nitrogens is 3. The number of aliphatic hydroxyl groups excluding tert-OH is 2. The first-order valence-electron chi connectivity index (χ1n) is 2.76. The van der Waals surface area contributed by atoms with Crippen LogP contribution in [0.3, 0.4) is 0 Å². The highest BCUT2D eigenvalue weighted by Crippen LogP contribution is 2.00. The van der Waals surface area contributed by atoms with Crippen molar-refractivity contribution in [1.29, 1.82) is 0 Å². The van der Waals surface area contributed by atoms with Crippen LogP contribution in [-0.4, -0.2) is 25.6 Å². The van der Waals surface area contributed by atoms with Gasteiger partial charge in [-0.3, -0.25) is 0 Å². The van der Waals surface area contributed by atoms with Crippen molar-refractivity contribution in [3.05, 3.63) is 17.5 Å². The van der Waals surface area contributed by atoms with Crippen LogP contribution < -0.4 is 0 Å². The van der Waals surface area contributed by atoms with Crippen molar-refractivity contribution in [2.45, 2.75) is 13.2 Å². The van der Waals surface area contributed by atoms with Crippen LogP contribution in [0.1, 0.15) is 11.3 Å². The minimum Gasteiger partial charge on any atom is -0.392 e. The van der Waals surface area contributed by atoms with Gasteiger partial charge in [0.25, 0.3) is 0 Å². The molecule has 5 nitrogen and oxygen atoms in total. The van der Waals surface area contributed by atoms with E-state index in [1.165, 1.54) is 6.20 Å². The van der Waals surface area contributed by atoms with E-state index in [1.807, 2.05) is 0 Å². The molecule has 0 saturated heterocycles. The predicted molar refractivity (Wildman–Crippen MR) is 31.7 cm³/mol. The summed E-state index contributed by atoms with van der Waals surface area (Å²) in [6, 6.07) is 0. The highest BCUT2D eigenvalue weighted by molar-refractivity contribution is 5.11. The molecule has 0 radical (unpaired) electrons. The van der Waals surface area contributed by atoms with E-state index in [0.717, 1.165) is 0 Å². The van der Waals surface area contributed by atoms with Crippen LogP contribution in [-0.2, 0) is 13.2 Å². The van der Waals surface area contributed by atoms with E-state index >= 15 is 0 Å². The van der Waals surface area contributed by atoms with Crippen LogP contribution in [0.2, 0.25) is 0 Å². The summed E-state index contributed by atoms with van der Waals surface area (Å²) in [5, 5.41) is 27.5. The second kappa shape index (κ2) is 3.19. The molecule has 0 aliphatic heterocycles. The highest BCUT2D eigenvalue weighted by atomic mass is 16.3. The van der Waals surface area contributed by atoms with E-state index in [2.05, 4.69) is 15.4 Å². The van der Waals surface area contributed by atoms with Crippen molar-refractivity contribution < 1.29 is 10.2 Å². The monoisotopic (exact) mass is 141 g/mol. The van der Waals surface area contributed by atoms with Gasteiger partial charge in [-0.2, -0.15) is 0 Å². The summed E-state index contributed by atoms with van der Waals surface area (Å²) < 4.78 is 0. The second-order valence-corrected chi connectivity index (χ2v) is 1.72. The first kappa shape index (κ1) is 7.04. The third-order valence-electron chi connectivity index (χ3n) is 1.12. The molecule has 54 valence electrons. The molecule has 0 aliphatic rings. The van der Waals surface area contributed by atoms with Crippen LogP contribution in [0.15, 0.2) is 6.20 Å². The van der Waals surface area contributed by atoms with Crippen molar-refractivity contribution in [2.75, 3.05) is 0 Å². The first-order valence-corrected chi connectivity index (χ1v) is 2.76. The quantitative estimate of drug-likeness (QED) is 0.544. The Balaban J connectivity index is 2.96. The molecule has 0 aromatic carbocycles. The molecule has 1 heterocycles. The summed E-state index contributed by atoms with van der Waals surface area (Å²) in [5.41, 5.74) is 0.884. The maximum atomic E-state index is 8.63. The van der Waals surface area contributed by atoms with Crippen molar-refractivity contribution in [2.24, 2.45) is 0 Å². The number of rotatable bonds is 2. The molecular weight excluding hydrogens is 134 g/mol. The first-order chi connectivity index (χ1) is 4.88. The highest BCUT2D eigenvalue weighted by Gasteiger charge is 2.00. The lowest BCUT2D eigenvalue weighted by molar-refractivity contribution is 0.253. The van der Waals surface area contributed by atoms with Crippen molar-refractivity contribution >= 4 is 0 Å². The molecule has 0 saturated carbocycles. The van der Waals surface area contributed by atoms with Gasteiger partial charge in [0.15, 0.2) is 0 Å². The summed E-state index contributed by atoms with van der Waals surface area (Å²) in [7, 11) is 0. The molecule has 0 spiro atoms. The lowest BCUT2D eigenvalue weighted by atomic mass is 10.2. The minimum atomic E-state index is -0.217. The number of hydrogen-bond acceptors (Lipinski definition) is 5. The molecule has 0 bridgehead atoms.